The first-order valence-electron chi connectivity index (χ1n) is 2.61. The second-order valence-corrected chi connectivity index (χ2v) is 5.32. The van der Waals surface area contributed by atoms with Crippen LogP contribution in [0.3, 0.4) is 0 Å². The molecule has 0 saturated heterocycles. The van der Waals surface area contributed by atoms with Gasteiger partial charge in [-0.1, -0.05) is 0 Å². The van der Waals surface area contributed by atoms with Crippen molar-refractivity contribution in [2.75, 3.05) is 5.75 Å². The van der Waals surface area contributed by atoms with Crippen molar-refractivity contribution in [1.82, 2.24) is 0 Å². The van der Waals surface area contributed by atoms with Crippen molar-refractivity contribution in [3.05, 3.63) is 0 Å². The van der Waals surface area contributed by atoms with Gasteiger partial charge in [0.15, 0.2) is 0 Å². The summed E-state index contributed by atoms with van der Waals surface area (Å²) in [5.74, 6) is -0.981. The summed E-state index contributed by atoms with van der Waals surface area (Å²) in [6, 6.07) is 0. The molecular formula is C4H5Cl2FO2S. The Morgan fingerprint density at radius 3 is 2.10 bits per heavy atom. The summed E-state index contributed by atoms with van der Waals surface area (Å²) in [5, 5.41) is 0. The fraction of sp³-hybridized carbons (Fsp3) is 1.00. The molecule has 2 nitrogen and oxygen atoms in total. The summed E-state index contributed by atoms with van der Waals surface area (Å²) < 4.78 is 30.8. The van der Waals surface area contributed by atoms with Gasteiger partial charge >= 0.3 is 10.2 Å². The molecular weight excluding hydrogens is 202 g/mol. The lowest BCUT2D eigenvalue weighted by molar-refractivity contribution is 0.547. The Bertz CT molecular complexity index is 236. The van der Waals surface area contributed by atoms with E-state index in [2.05, 4.69) is 0 Å². The third-order valence-electron chi connectivity index (χ3n) is 1.36. The maximum absolute atomic E-state index is 11.9. The molecule has 1 aliphatic rings. The van der Waals surface area contributed by atoms with Gasteiger partial charge in [0, 0.05) is 5.92 Å². The van der Waals surface area contributed by atoms with Crippen LogP contribution in [0.4, 0.5) is 3.89 Å². The number of halogens is 3. The lowest BCUT2D eigenvalue weighted by Gasteiger charge is -1.93. The van der Waals surface area contributed by atoms with Crippen LogP contribution in [-0.2, 0) is 10.2 Å². The summed E-state index contributed by atoms with van der Waals surface area (Å²) in [6.07, 6.45) is 0.360. The maximum Gasteiger partial charge on any atom is 0.302 e. The molecule has 0 aromatic carbocycles. The van der Waals surface area contributed by atoms with Crippen molar-refractivity contribution in [2.24, 2.45) is 5.92 Å². The predicted octanol–water partition coefficient (Wildman–Crippen LogP) is 1.48. The van der Waals surface area contributed by atoms with Crippen LogP contribution in [0.1, 0.15) is 6.42 Å². The zero-order valence-corrected chi connectivity index (χ0v) is 7.18. The summed E-state index contributed by atoms with van der Waals surface area (Å²) in [6.45, 7) is 0. The van der Waals surface area contributed by atoms with Crippen LogP contribution in [-0.4, -0.2) is 18.5 Å². The first-order chi connectivity index (χ1) is 4.31. The van der Waals surface area contributed by atoms with Crippen molar-refractivity contribution in [1.29, 1.82) is 0 Å². The first-order valence-corrected chi connectivity index (χ1v) is 4.92. The van der Waals surface area contributed by atoms with Gasteiger partial charge in [-0.15, -0.1) is 27.1 Å². The van der Waals surface area contributed by atoms with E-state index in [4.69, 9.17) is 23.2 Å². The SMILES string of the molecule is O=S(=O)(F)CC1CC1(Cl)Cl. The van der Waals surface area contributed by atoms with Gasteiger partial charge in [-0.2, -0.15) is 8.42 Å². The Morgan fingerprint density at radius 2 is 2.00 bits per heavy atom. The molecule has 0 heterocycles. The van der Waals surface area contributed by atoms with E-state index in [-0.39, 0.29) is 0 Å². The topological polar surface area (TPSA) is 34.1 Å². The van der Waals surface area contributed by atoms with Crippen molar-refractivity contribution in [3.63, 3.8) is 0 Å². The Hall–Kier alpha value is 0.460. The fourth-order valence-corrected chi connectivity index (χ4v) is 2.28. The Kier molecular flexibility index (Phi) is 1.90. The normalized spacial score (nSPS) is 30.1. The summed E-state index contributed by atoms with van der Waals surface area (Å²) in [4.78, 5) is 0. The Morgan fingerprint density at radius 1 is 1.60 bits per heavy atom. The van der Waals surface area contributed by atoms with Crippen molar-refractivity contribution in [2.45, 2.75) is 10.8 Å². The van der Waals surface area contributed by atoms with Gasteiger partial charge in [0.2, 0.25) is 0 Å². The van der Waals surface area contributed by atoms with Crippen LogP contribution in [0.2, 0.25) is 0 Å². The largest absolute Gasteiger partial charge is 0.302 e. The Balaban J connectivity index is 2.46. The van der Waals surface area contributed by atoms with Crippen LogP contribution in [0, 0.1) is 5.92 Å². The van der Waals surface area contributed by atoms with E-state index in [0.29, 0.717) is 6.42 Å². The van der Waals surface area contributed by atoms with Crippen LogP contribution < -0.4 is 0 Å². The van der Waals surface area contributed by atoms with E-state index < -0.39 is 26.2 Å². The highest BCUT2D eigenvalue weighted by Gasteiger charge is 2.53. The maximum atomic E-state index is 11.9. The monoisotopic (exact) mass is 206 g/mol. The smallest absolute Gasteiger partial charge is 0.195 e. The highest BCUT2D eigenvalue weighted by Crippen LogP contribution is 2.53. The zero-order valence-electron chi connectivity index (χ0n) is 4.85. The van der Waals surface area contributed by atoms with E-state index in [1.54, 1.807) is 0 Å². The van der Waals surface area contributed by atoms with Gasteiger partial charge in [0.1, 0.15) is 4.33 Å². The molecule has 1 atom stereocenters. The van der Waals surface area contributed by atoms with Crippen molar-refractivity contribution < 1.29 is 12.3 Å². The zero-order chi connectivity index (χ0) is 7.99. The second kappa shape index (κ2) is 2.22. The van der Waals surface area contributed by atoms with Crippen LogP contribution in [0.15, 0.2) is 0 Å². The molecule has 60 valence electrons. The molecule has 0 N–H and O–H groups in total. The molecule has 1 unspecified atom stereocenters. The lowest BCUT2D eigenvalue weighted by atomic mass is 10.5. The predicted molar refractivity (Wildman–Crippen MR) is 37.4 cm³/mol. The number of hydrogen-bond donors (Lipinski definition) is 0. The third-order valence-corrected chi connectivity index (χ3v) is 3.08. The van der Waals surface area contributed by atoms with Gasteiger partial charge < -0.3 is 0 Å². The number of hydrogen-bond acceptors (Lipinski definition) is 2. The van der Waals surface area contributed by atoms with Gasteiger partial charge in [-0.05, 0) is 6.42 Å². The summed E-state index contributed by atoms with van der Waals surface area (Å²) in [7, 11) is -4.40. The molecule has 1 aliphatic carbocycles. The highest BCUT2D eigenvalue weighted by atomic mass is 35.5. The molecule has 0 spiro atoms. The first kappa shape index (κ1) is 8.56. The molecule has 1 fully saturated rings. The minimum atomic E-state index is -4.40. The van der Waals surface area contributed by atoms with Crippen molar-refractivity contribution >= 4 is 33.4 Å². The number of alkyl halides is 2. The van der Waals surface area contributed by atoms with E-state index >= 15 is 0 Å². The third kappa shape index (κ3) is 2.25. The van der Waals surface area contributed by atoms with Crippen LogP contribution in [0.5, 0.6) is 0 Å². The lowest BCUT2D eigenvalue weighted by Crippen LogP contribution is -2.04. The highest BCUT2D eigenvalue weighted by molar-refractivity contribution is 7.86. The van der Waals surface area contributed by atoms with Gasteiger partial charge in [0.05, 0.1) is 5.75 Å². The van der Waals surface area contributed by atoms with Gasteiger partial charge in [-0.25, -0.2) is 0 Å². The average Bonchev–Trinajstić information content (AvgIpc) is 2.05. The van der Waals surface area contributed by atoms with Crippen LogP contribution >= 0.6 is 23.2 Å². The minimum absolute atomic E-state index is 0.360. The van der Waals surface area contributed by atoms with Gasteiger partial charge in [0.25, 0.3) is 0 Å². The Labute approximate surface area is 68.5 Å². The molecule has 0 aliphatic heterocycles. The summed E-state index contributed by atoms with van der Waals surface area (Å²) in [5.41, 5.74) is 0. The van der Waals surface area contributed by atoms with Crippen LogP contribution in [0.25, 0.3) is 0 Å². The standard InChI is InChI=1S/C4H5Cl2FO2S/c5-4(6)1-3(4)2-10(7,8)9/h3H,1-2H2. The second-order valence-electron chi connectivity index (χ2n) is 2.37. The van der Waals surface area contributed by atoms with E-state index in [1.807, 2.05) is 0 Å². The van der Waals surface area contributed by atoms with E-state index in [1.165, 1.54) is 0 Å². The molecule has 0 radical (unpaired) electrons. The molecule has 0 amide bonds. The van der Waals surface area contributed by atoms with E-state index in [9.17, 15) is 12.3 Å². The summed E-state index contributed by atoms with van der Waals surface area (Å²) >= 11 is 10.9. The average molecular weight is 207 g/mol. The van der Waals surface area contributed by atoms with E-state index in [0.717, 1.165) is 0 Å². The minimum Gasteiger partial charge on any atom is -0.195 e. The quantitative estimate of drug-likeness (QED) is 0.507. The molecule has 0 aromatic rings. The fourth-order valence-electron chi connectivity index (χ4n) is 0.691. The molecule has 0 bridgehead atoms. The molecule has 10 heavy (non-hydrogen) atoms. The van der Waals surface area contributed by atoms with Crippen molar-refractivity contribution in [3.8, 4) is 0 Å². The van der Waals surface area contributed by atoms with Gasteiger partial charge in [-0.3, -0.25) is 0 Å². The molecule has 0 aromatic heterocycles. The molecule has 1 saturated carbocycles. The molecule has 6 heteroatoms. The number of rotatable bonds is 2. The molecule has 1 rings (SSSR count).